The lowest BCUT2D eigenvalue weighted by Gasteiger charge is -2.29. The highest BCUT2D eigenvalue weighted by Gasteiger charge is 2.28. The van der Waals surface area contributed by atoms with Crippen LogP contribution < -0.4 is 5.32 Å². The van der Waals surface area contributed by atoms with Gasteiger partial charge in [-0.1, -0.05) is 20.3 Å². The van der Waals surface area contributed by atoms with Crippen LogP contribution in [-0.2, 0) is 0 Å². The van der Waals surface area contributed by atoms with Crippen LogP contribution in [0.3, 0.4) is 0 Å². The molecule has 0 bridgehead atoms. The molecule has 0 amide bonds. The van der Waals surface area contributed by atoms with Crippen LogP contribution >= 0.6 is 0 Å². The minimum atomic E-state index is 0.747. The number of hydrogen-bond donors (Lipinski definition) is 1. The maximum absolute atomic E-state index is 3.59. The van der Waals surface area contributed by atoms with Gasteiger partial charge in [0.25, 0.3) is 0 Å². The van der Waals surface area contributed by atoms with Crippen LogP contribution in [0.2, 0.25) is 0 Å². The number of nitrogens with one attached hydrogen (secondary N) is 1. The molecule has 3 nitrogen and oxygen atoms in total. The van der Waals surface area contributed by atoms with Gasteiger partial charge in [0.1, 0.15) is 0 Å². The summed E-state index contributed by atoms with van der Waals surface area (Å²) < 4.78 is 0. The van der Waals surface area contributed by atoms with Crippen molar-refractivity contribution >= 4 is 0 Å². The number of likely N-dealkylation sites (tertiary alicyclic amines) is 1. The van der Waals surface area contributed by atoms with Gasteiger partial charge in [-0.25, -0.2) is 0 Å². The van der Waals surface area contributed by atoms with Crippen molar-refractivity contribution in [1.29, 1.82) is 0 Å². The fourth-order valence-corrected chi connectivity index (χ4v) is 2.71. The molecule has 102 valence electrons. The van der Waals surface area contributed by atoms with Gasteiger partial charge in [0.2, 0.25) is 0 Å². The van der Waals surface area contributed by atoms with Crippen molar-refractivity contribution in [2.45, 2.75) is 51.6 Å². The van der Waals surface area contributed by atoms with Gasteiger partial charge in [0.15, 0.2) is 0 Å². The molecule has 0 saturated carbocycles. The minimum absolute atomic E-state index is 0.747. The quantitative estimate of drug-likeness (QED) is 0.654. The van der Waals surface area contributed by atoms with Crippen molar-refractivity contribution < 1.29 is 0 Å². The Kier molecular flexibility index (Phi) is 7.09. The van der Waals surface area contributed by atoms with Crippen LogP contribution in [0.15, 0.2) is 0 Å². The van der Waals surface area contributed by atoms with Crippen LogP contribution in [-0.4, -0.2) is 62.2 Å². The molecule has 17 heavy (non-hydrogen) atoms. The third-order valence-electron chi connectivity index (χ3n) is 3.87. The molecule has 1 fully saturated rings. The number of likely N-dealkylation sites (N-methyl/N-ethyl adjacent to an activating group) is 1. The van der Waals surface area contributed by atoms with Gasteiger partial charge in [-0.3, -0.25) is 4.90 Å². The highest BCUT2D eigenvalue weighted by molar-refractivity contribution is 4.86. The molecule has 0 aromatic carbocycles. The molecule has 2 atom stereocenters. The second-order valence-electron chi connectivity index (χ2n) is 5.55. The zero-order valence-electron chi connectivity index (χ0n) is 12.2. The summed E-state index contributed by atoms with van der Waals surface area (Å²) in [6.07, 6.45) is 5.19. The van der Waals surface area contributed by atoms with E-state index < -0.39 is 0 Å². The smallest absolute Gasteiger partial charge is 0.0229 e. The molecule has 0 spiro atoms. The molecule has 0 radical (unpaired) electrons. The largest absolute Gasteiger partial charge is 0.315 e. The van der Waals surface area contributed by atoms with E-state index >= 15 is 0 Å². The lowest BCUT2D eigenvalue weighted by Crippen LogP contribution is -2.42. The Bertz CT molecular complexity index is 194. The Morgan fingerprint density at radius 1 is 1.29 bits per heavy atom. The first kappa shape index (κ1) is 14.9. The normalized spacial score (nSPS) is 23.5. The molecule has 1 aliphatic rings. The summed E-state index contributed by atoms with van der Waals surface area (Å²) in [5.41, 5.74) is 0. The van der Waals surface area contributed by atoms with E-state index in [0.717, 1.165) is 18.6 Å². The van der Waals surface area contributed by atoms with Crippen molar-refractivity contribution in [2.75, 3.05) is 40.3 Å². The zero-order chi connectivity index (χ0) is 12.7. The third kappa shape index (κ3) is 4.94. The van der Waals surface area contributed by atoms with Crippen molar-refractivity contribution in [3.8, 4) is 0 Å². The standard InChI is InChI=1S/C14H31N3/c1-5-7-13(11-15-9-6-2)17-10-8-14(12-17)16(3)4/h13-15H,5-12H2,1-4H3. The second-order valence-corrected chi connectivity index (χ2v) is 5.55. The molecule has 1 N–H and O–H groups in total. The van der Waals surface area contributed by atoms with E-state index in [-0.39, 0.29) is 0 Å². The van der Waals surface area contributed by atoms with Crippen LogP contribution in [0.25, 0.3) is 0 Å². The van der Waals surface area contributed by atoms with E-state index in [1.165, 1.54) is 45.3 Å². The minimum Gasteiger partial charge on any atom is -0.315 e. The molecular weight excluding hydrogens is 210 g/mol. The van der Waals surface area contributed by atoms with Crippen molar-refractivity contribution in [3.63, 3.8) is 0 Å². The zero-order valence-corrected chi connectivity index (χ0v) is 12.2. The topological polar surface area (TPSA) is 18.5 Å². The van der Waals surface area contributed by atoms with E-state index in [1.807, 2.05) is 0 Å². The monoisotopic (exact) mass is 241 g/mol. The van der Waals surface area contributed by atoms with Gasteiger partial charge in [-0.2, -0.15) is 0 Å². The van der Waals surface area contributed by atoms with E-state index in [9.17, 15) is 0 Å². The van der Waals surface area contributed by atoms with Gasteiger partial charge in [0.05, 0.1) is 0 Å². The Morgan fingerprint density at radius 3 is 2.59 bits per heavy atom. The fourth-order valence-electron chi connectivity index (χ4n) is 2.71. The summed E-state index contributed by atoms with van der Waals surface area (Å²) >= 11 is 0. The lowest BCUT2D eigenvalue weighted by molar-refractivity contribution is 0.201. The second kappa shape index (κ2) is 8.06. The van der Waals surface area contributed by atoms with Crippen molar-refractivity contribution in [3.05, 3.63) is 0 Å². The van der Waals surface area contributed by atoms with Crippen LogP contribution in [0, 0.1) is 0 Å². The number of rotatable bonds is 8. The van der Waals surface area contributed by atoms with Gasteiger partial charge < -0.3 is 10.2 Å². The van der Waals surface area contributed by atoms with E-state index in [1.54, 1.807) is 0 Å². The third-order valence-corrected chi connectivity index (χ3v) is 3.87. The highest BCUT2D eigenvalue weighted by atomic mass is 15.3. The fraction of sp³-hybridized carbons (Fsp3) is 1.00. The van der Waals surface area contributed by atoms with Crippen molar-refractivity contribution in [2.24, 2.45) is 0 Å². The Morgan fingerprint density at radius 2 is 2.06 bits per heavy atom. The number of hydrogen-bond acceptors (Lipinski definition) is 3. The summed E-state index contributed by atoms with van der Waals surface area (Å²) in [7, 11) is 4.41. The summed E-state index contributed by atoms with van der Waals surface area (Å²) in [6.45, 7) is 9.39. The van der Waals surface area contributed by atoms with E-state index in [4.69, 9.17) is 0 Å². The van der Waals surface area contributed by atoms with Crippen LogP contribution in [0.5, 0.6) is 0 Å². The SMILES string of the molecule is CCCNCC(CCC)N1CCC(N(C)C)C1. The first-order valence-corrected chi connectivity index (χ1v) is 7.30. The average molecular weight is 241 g/mol. The first-order valence-electron chi connectivity index (χ1n) is 7.30. The molecule has 1 rings (SSSR count). The van der Waals surface area contributed by atoms with E-state index in [0.29, 0.717) is 0 Å². The van der Waals surface area contributed by atoms with Crippen LogP contribution in [0.4, 0.5) is 0 Å². The Balaban J connectivity index is 2.36. The van der Waals surface area contributed by atoms with Crippen LogP contribution in [0.1, 0.15) is 39.5 Å². The molecule has 1 heterocycles. The molecule has 2 unspecified atom stereocenters. The molecule has 0 aliphatic carbocycles. The Labute approximate surface area is 108 Å². The molecule has 3 heteroatoms. The lowest BCUT2D eigenvalue weighted by atomic mass is 10.1. The van der Waals surface area contributed by atoms with E-state index in [2.05, 4.69) is 43.1 Å². The van der Waals surface area contributed by atoms with Gasteiger partial charge in [0, 0.05) is 31.7 Å². The summed E-state index contributed by atoms with van der Waals surface area (Å²) in [6, 6.07) is 1.51. The maximum atomic E-state index is 3.59. The molecule has 0 aromatic rings. The summed E-state index contributed by atoms with van der Waals surface area (Å²) in [5.74, 6) is 0. The Hall–Kier alpha value is -0.120. The number of nitrogens with zero attached hydrogens (tertiary/aromatic N) is 2. The van der Waals surface area contributed by atoms with Gasteiger partial charge in [-0.15, -0.1) is 0 Å². The predicted molar refractivity (Wildman–Crippen MR) is 75.5 cm³/mol. The van der Waals surface area contributed by atoms with Crippen molar-refractivity contribution in [1.82, 2.24) is 15.1 Å². The average Bonchev–Trinajstić information content (AvgIpc) is 2.77. The highest BCUT2D eigenvalue weighted by Crippen LogP contribution is 2.18. The summed E-state index contributed by atoms with van der Waals surface area (Å²) in [5, 5.41) is 3.59. The maximum Gasteiger partial charge on any atom is 0.0229 e. The first-order chi connectivity index (χ1) is 8.19. The molecular formula is C14H31N3. The molecule has 1 aliphatic heterocycles. The molecule has 1 saturated heterocycles. The van der Waals surface area contributed by atoms with Gasteiger partial charge in [-0.05, 0) is 39.9 Å². The van der Waals surface area contributed by atoms with Gasteiger partial charge >= 0.3 is 0 Å². The predicted octanol–water partition coefficient (Wildman–Crippen LogP) is 1.79. The summed E-state index contributed by atoms with van der Waals surface area (Å²) in [4.78, 5) is 5.07. The molecule has 0 aromatic heterocycles.